The molecule has 0 aromatic heterocycles. The van der Waals surface area contributed by atoms with Crippen molar-refractivity contribution in [1.82, 2.24) is 0 Å². The van der Waals surface area contributed by atoms with E-state index in [1.807, 2.05) is 6.92 Å². The molecule has 0 aromatic rings. The Morgan fingerprint density at radius 2 is 1.49 bits per heavy atom. The quantitative estimate of drug-likeness (QED) is 0.398. The highest BCUT2D eigenvalue weighted by atomic mass is 16.4. The van der Waals surface area contributed by atoms with Crippen LogP contribution >= 0.6 is 0 Å². The van der Waals surface area contributed by atoms with Crippen LogP contribution in [0, 0.1) is 50.2 Å². The molecule has 35 heavy (non-hydrogen) atoms. The topological polar surface area (TPSA) is 94.8 Å². The van der Waals surface area contributed by atoms with Gasteiger partial charge in [0.1, 0.15) is 0 Å². The van der Waals surface area contributed by atoms with Crippen LogP contribution in [0.5, 0.6) is 0 Å². The van der Waals surface area contributed by atoms with Crippen LogP contribution < -0.4 is 0 Å². The van der Waals surface area contributed by atoms with E-state index < -0.39 is 28.9 Å². The van der Waals surface area contributed by atoms with E-state index in [0.29, 0.717) is 18.3 Å². The van der Waals surface area contributed by atoms with Gasteiger partial charge >= 0.3 is 11.9 Å². The fourth-order valence-corrected chi connectivity index (χ4v) is 10.5. The third-order valence-electron chi connectivity index (χ3n) is 13.4. The molecule has 196 valence electrons. The molecule has 3 unspecified atom stereocenters. The van der Waals surface area contributed by atoms with Gasteiger partial charge in [-0.3, -0.25) is 9.59 Å². The molecule has 4 saturated carbocycles. The van der Waals surface area contributed by atoms with E-state index in [2.05, 4.69) is 33.8 Å². The zero-order chi connectivity index (χ0) is 25.8. The molecule has 0 spiro atoms. The Morgan fingerprint density at radius 1 is 0.829 bits per heavy atom. The van der Waals surface area contributed by atoms with Crippen molar-refractivity contribution in [1.29, 1.82) is 0 Å². The molecule has 0 amide bonds. The maximum Gasteiger partial charge on any atom is 0.312 e. The van der Waals surface area contributed by atoms with E-state index in [4.69, 9.17) is 0 Å². The number of hydrogen-bond donors (Lipinski definition) is 3. The summed E-state index contributed by atoms with van der Waals surface area (Å²) in [5.74, 6) is -0.878. The van der Waals surface area contributed by atoms with Crippen LogP contribution in [0.2, 0.25) is 0 Å². The van der Waals surface area contributed by atoms with Gasteiger partial charge in [-0.15, -0.1) is 0 Å². The maximum atomic E-state index is 12.5. The fourth-order valence-electron chi connectivity index (χ4n) is 10.5. The number of hydrogen-bond acceptors (Lipinski definition) is 3. The molecule has 0 aromatic carbocycles. The average molecular weight is 487 g/mol. The number of carboxylic acid groups (broad SMARTS) is 2. The van der Waals surface area contributed by atoms with Crippen molar-refractivity contribution >= 4 is 11.9 Å². The summed E-state index contributed by atoms with van der Waals surface area (Å²) in [6, 6.07) is 0. The van der Waals surface area contributed by atoms with Gasteiger partial charge in [0.2, 0.25) is 0 Å². The normalized spacial score (nSPS) is 55.5. The van der Waals surface area contributed by atoms with Crippen molar-refractivity contribution in [3.8, 4) is 0 Å². The second-order valence-electron chi connectivity index (χ2n) is 14.7. The molecule has 0 saturated heterocycles. The summed E-state index contributed by atoms with van der Waals surface area (Å²) in [4.78, 5) is 24.7. The molecule has 0 radical (unpaired) electrons. The van der Waals surface area contributed by atoms with Gasteiger partial charge in [-0.1, -0.05) is 39.3 Å². The summed E-state index contributed by atoms with van der Waals surface area (Å²) in [5.41, 5.74) is -0.168. The van der Waals surface area contributed by atoms with E-state index in [0.717, 1.165) is 57.8 Å². The zero-order valence-electron chi connectivity index (χ0n) is 22.6. The Bertz CT molecular complexity index is 987. The molecule has 0 aliphatic heterocycles. The van der Waals surface area contributed by atoms with E-state index in [1.165, 1.54) is 5.57 Å². The highest BCUT2D eigenvalue weighted by Crippen LogP contribution is 2.75. The van der Waals surface area contributed by atoms with E-state index in [9.17, 15) is 24.9 Å². The molecule has 5 heteroatoms. The van der Waals surface area contributed by atoms with Crippen molar-refractivity contribution < 1.29 is 24.9 Å². The molecule has 5 nitrogen and oxygen atoms in total. The molecule has 5 rings (SSSR count). The van der Waals surface area contributed by atoms with Gasteiger partial charge in [-0.25, -0.2) is 0 Å². The smallest absolute Gasteiger partial charge is 0.312 e. The summed E-state index contributed by atoms with van der Waals surface area (Å²) in [6.07, 6.45) is 10.6. The minimum atomic E-state index is -1.10. The van der Waals surface area contributed by atoms with Gasteiger partial charge < -0.3 is 15.3 Å². The predicted molar refractivity (Wildman–Crippen MR) is 135 cm³/mol. The SMILES string of the molecule is C[C@@]1(C(=O)O)CC[C@]2(C)CC[C@]3(C)C(=CCC4[C@@]5(C)CC[C@@H](O)[C@@](C)(C(=O)O)C5CC[C@]43C)C2C1. The van der Waals surface area contributed by atoms with Gasteiger partial charge in [0.15, 0.2) is 0 Å². The summed E-state index contributed by atoms with van der Waals surface area (Å²) < 4.78 is 0. The third kappa shape index (κ3) is 2.97. The lowest BCUT2D eigenvalue weighted by molar-refractivity contribution is -0.216. The lowest BCUT2D eigenvalue weighted by Gasteiger charge is -2.71. The summed E-state index contributed by atoms with van der Waals surface area (Å²) in [5, 5.41) is 31.2. The molecule has 10 atom stereocenters. The second kappa shape index (κ2) is 7.36. The zero-order valence-corrected chi connectivity index (χ0v) is 22.6. The van der Waals surface area contributed by atoms with Crippen LogP contribution in [0.4, 0.5) is 0 Å². The van der Waals surface area contributed by atoms with E-state index in [1.54, 1.807) is 6.92 Å². The number of aliphatic hydroxyl groups is 1. The van der Waals surface area contributed by atoms with Crippen molar-refractivity contribution in [2.75, 3.05) is 0 Å². The van der Waals surface area contributed by atoms with Crippen LogP contribution in [0.3, 0.4) is 0 Å². The lowest BCUT2D eigenvalue weighted by Crippen LogP contribution is -2.66. The molecular formula is C30H46O5. The largest absolute Gasteiger partial charge is 0.481 e. The van der Waals surface area contributed by atoms with Crippen LogP contribution in [-0.4, -0.2) is 33.4 Å². The number of aliphatic hydroxyl groups excluding tert-OH is 1. The van der Waals surface area contributed by atoms with Crippen molar-refractivity contribution in [3.63, 3.8) is 0 Å². The van der Waals surface area contributed by atoms with Gasteiger partial charge in [0, 0.05) is 0 Å². The summed E-state index contributed by atoms with van der Waals surface area (Å²) in [7, 11) is 0. The first kappa shape index (κ1) is 25.3. The second-order valence-corrected chi connectivity index (χ2v) is 14.7. The maximum absolute atomic E-state index is 12.5. The molecule has 4 fully saturated rings. The van der Waals surface area contributed by atoms with Crippen LogP contribution in [-0.2, 0) is 9.59 Å². The average Bonchev–Trinajstić information content (AvgIpc) is 2.78. The standard InChI is InChI=1S/C30H46O5/c1-25-13-14-26(2,23(32)33)17-19(25)18-7-8-20-27(3)11-10-22(31)30(6,24(34)35)21(27)9-12-29(20,5)28(18,4)16-15-25/h7,19-22,31H,8-17H2,1-6H3,(H,32,33)(H,34,35)/t19?,20?,21?,22-,25-,26-,27-,28-,29-,30+/m1/s1. The Balaban J connectivity index is 1.58. The number of carboxylic acids is 2. The molecule has 3 N–H and O–H groups in total. The molecule has 5 aliphatic rings. The molecule has 5 aliphatic carbocycles. The van der Waals surface area contributed by atoms with E-state index >= 15 is 0 Å². The minimum Gasteiger partial charge on any atom is -0.481 e. The number of allylic oxidation sites excluding steroid dienone is 2. The van der Waals surface area contributed by atoms with Gasteiger partial charge in [-0.05, 0) is 117 Å². The van der Waals surface area contributed by atoms with Crippen LogP contribution in [0.15, 0.2) is 11.6 Å². The Labute approximate surface area is 210 Å². The fraction of sp³-hybridized carbons (Fsp3) is 0.867. The van der Waals surface area contributed by atoms with Crippen LogP contribution in [0.1, 0.15) is 106 Å². The highest BCUT2D eigenvalue weighted by molar-refractivity contribution is 5.76. The number of rotatable bonds is 2. The molecular weight excluding hydrogens is 440 g/mol. The predicted octanol–water partition coefficient (Wildman–Crippen LogP) is 6.30. The monoisotopic (exact) mass is 486 g/mol. The summed E-state index contributed by atoms with van der Waals surface area (Å²) in [6.45, 7) is 13.4. The number of carbonyl (C=O) groups is 2. The first-order chi connectivity index (χ1) is 16.1. The first-order valence-corrected chi connectivity index (χ1v) is 13.9. The number of fused-ring (bicyclic) bond motifs is 7. The van der Waals surface area contributed by atoms with Crippen LogP contribution in [0.25, 0.3) is 0 Å². The van der Waals surface area contributed by atoms with Crippen molar-refractivity contribution in [2.24, 2.45) is 50.2 Å². The van der Waals surface area contributed by atoms with Gasteiger partial charge in [0.05, 0.1) is 16.9 Å². The Morgan fingerprint density at radius 3 is 2.11 bits per heavy atom. The summed E-state index contributed by atoms with van der Waals surface area (Å²) >= 11 is 0. The minimum absolute atomic E-state index is 0.000511. The Hall–Kier alpha value is -1.36. The lowest BCUT2D eigenvalue weighted by atomic mass is 9.33. The van der Waals surface area contributed by atoms with Gasteiger partial charge in [0.25, 0.3) is 0 Å². The Kier molecular flexibility index (Phi) is 5.32. The first-order valence-electron chi connectivity index (χ1n) is 13.9. The van der Waals surface area contributed by atoms with Crippen molar-refractivity contribution in [2.45, 2.75) is 112 Å². The van der Waals surface area contributed by atoms with E-state index in [-0.39, 0.29) is 27.6 Å². The molecule has 0 bridgehead atoms. The highest BCUT2D eigenvalue weighted by Gasteiger charge is 2.69. The number of aliphatic carboxylic acids is 2. The van der Waals surface area contributed by atoms with Gasteiger partial charge in [-0.2, -0.15) is 0 Å². The molecule has 0 heterocycles. The van der Waals surface area contributed by atoms with Crippen molar-refractivity contribution in [3.05, 3.63) is 11.6 Å². The third-order valence-corrected chi connectivity index (χ3v) is 13.4.